The predicted molar refractivity (Wildman–Crippen MR) is 105 cm³/mol. The first-order valence-electron chi connectivity index (χ1n) is 10.9. The van der Waals surface area contributed by atoms with Crippen molar-refractivity contribution in [3.63, 3.8) is 0 Å². The molecule has 0 aromatic rings. The molecule has 5 nitrogen and oxygen atoms in total. The maximum atomic E-state index is 12.8. The van der Waals surface area contributed by atoms with E-state index in [2.05, 4.69) is 35.6 Å². The summed E-state index contributed by atoms with van der Waals surface area (Å²) in [5, 5.41) is 0. The van der Waals surface area contributed by atoms with Gasteiger partial charge >= 0.3 is 0 Å². The molecule has 3 heterocycles. The van der Waals surface area contributed by atoms with Crippen LogP contribution in [0.4, 0.5) is 0 Å². The molecule has 3 aliphatic rings. The molecule has 3 fully saturated rings. The van der Waals surface area contributed by atoms with Crippen LogP contribution in [0.1, 0.15) is 52.4 Å². The van der Waals surface area contributed by atoms with E-state index in [1.54, 1.807) is 0 Å². The minimum absolute atomic E-state index is 0.280. The van der Waals surface area contributed by atoms with Crippen molar-refractivity contribution in [1.29, 1.82) is 0 Å². The van der Waals surface area contributed by atoms with Gasteiger partial charge in [0.2, 0.25) is 5.91 Å². The first kappa shape index (κ1) is 20.1. The molecule has 0 aromatic heterocycles. The van der Waals surface area contributed by atoms with Crippen molar-refractivity contribution < 1.29 is 9.53 Å². The van der Waals surface area contributed by atoms with Gasteiger partial charge in [0, 0.05) is 38.6 Å². The second kappa shape index (κ2) is 9.52. The summed E-state index contributed by atoms with van der Waals surface area (Å²) in [7, 11) is 2.16. The van der Waals surface area contributed by atoms with Gasteiger partial charge in [0.05, 0.1) is 12.2 Å². The van der Waals surface area contributed by atoms with Crippen LogP contribution in [0.3, 0.4) is 0 Å². The highest BCUT2D eigenvalue weighted by atomic mass is 16.5. The van der Waals surface area contributed by atoms with E-state index < -0.39 is 0 Å². The quantitative estimate of drug-likeness (QED) is 0.750. The lowest BCUT2D eigenvalue weighted by Crippen LogP contribution is -2.47. The fourth-order valence-electron chi connectivity index (χ4n) is 4.83. The first-order valence-corrected chi connectivity index (χ1v) is 10.9. The van der Waals surface area contributed by atoms with E-state index in [-0.39, 0.29) is 5.92 Å². The Labute approximate surface area is 160 Å². The van der Waals surface area contributed by atoms with Gasteiger partial charge in [0.15, 0.2) is 0 Å². The van der Waals surface area contributed by atoms with Crippen LogP contribution in [0.2, 0.25) is 0 Å². The van der Waals surface area contributed by atoms with Gasteiger partial charge < -0.3 is 19.4 Å². The highest BCUT2D eigenvalue weighted by Gasteiger charge is 2.31. The Morgan fingerprint density at radius 1 is 0.923 bits per heavy atom. The molecule has 3 saturated heterocycles. The van der Waals surface area contributed by atoms with Crippen LogP contribution in [0.15, 0.2) is 0 Å². The summed E-state index contributed by atoms with van der Waals surface area (Å²) in [6.45, 7) is 11.9. The molecule has 26 heavy (non-hydrogen) atoms. The third-order valence-corrected chi connectivity index (χ3v) is 6.51. The molecular formula is C21H39N3O2. The van der Waals surface area contributed by atoms with E-state index in [4.69, 9.17) is 4.74 Å². The standard InChI is InChI=1S/C21H39N3O2/c1-17(2)26-20-8-12-23(13-9-20)16-18-4-14-24(15-5-18)21(25)19-6-10-22(3)11-7-19/h17-20H,4-16H2,1-3H3. The number of ether oxygens (including phenoxy) is 1. The van der Waals surface area contributed by atoms with E-state index >= 15 is 0 Å². The molecular weight excluding hydrogens is 326 g/mol. The molecule has 0 radical (unpaired) electrons. The van der Waals surface area contributed by atoms with Gasteiger partial charge in [-0.1, -0.05) is 0 Å². The lowest BCUT2D eigenvalue weighted by atomic mass is 9.91. The molecule has 5 heteroatoms. The lowest BCUT2D eigenvalue weighted by molar-refractivity contribution is -0.138. The molecule has 3 aliphatic heterocycles. The first-order chi connectivity index (χ1) is 12.5. The zero-order valence-electron chi connectivity index (χ0n) is 17.2. The number of hydrogen-bond acceptors (Lipinski definition) is 4. The zero-order chi connectivity index (χ0) is 18.5. The second-order valence-corrected chi connectivity index (χ2v) is 9.03. The SMILES string of the molecule is CC(C)OC1CCN(CC2CCN(C(=O)C3CCN(C)CC3)CC2)CC1. The Kier molecular flexibility index (Phi) is 7.35. The normalized spacial score (nSPS) is 25.9. The van der Waals surface area contributed by atoms with Gasteiger partial charge in [-0.3, -0.25) is 4.79 Å². The van der Waals surface area contributed by atoms with Crippen LogP contribution < -0.4 is 0 Å². The third kappa shape index (κ3) is 5.67. The Balaban J connectivity index is 1.34. The van der Waals surface area contributed by atoms with Crippen LogP contribution in [0, 0.1) is 11.8 Å². The largest absolute Gasteiger partial charge is 0.375 e. The van der Waals surface area contributed by atoms with Gasteiger partial charge in [-0.25, -0.2) is 0 Å². The Bertz CT molecular complexity index is 433. The molecule has 1 amide bonds. The molecule has 0 N–H and O–H groups in total. The number of rotatable bonds is 5. The molecule has 0 unspecified atom stereocenters. The van der Waals surface area contributed by atoms with Crippen LogP contribution in [0.5, 0.6) is 0 Å². The van der Waals surface area contributed by atoms with Gasteiger partial charge in [0.1, 0.15) is 0 Å². The third-order valence-electron chi connectivity index (χ3n) is 6.51. The minimum atomic E-state index is 0.280. The van der Waals surface area contributed by atoms with Crippen molar-refractivity contribution in [3.05, 3.63) is 0 Å². The Hall–Kier alpha value is -0.650. The van der Waals surface area contributed by atoms with Crippen LogP contribution >= 0.6 is 0 Å². The number of hydrogen-bond donors (Lipinski definition) is 0. The van der Waals surface area contributed by atoms with Crippen molar-refractivity contribution >= 4 is 5.91 Å². The monoisotopic (exact) mass is 365 g/mol. The average Bonchev–Trinajstić information content (AvgIpc) is 2.64. The average molecular weight is 366 g/mol. The van der Waals surface area contributed by atoms with Gasteiger partial charge in [-0.15, -0.1) is 0 Å². The highest BCUT2D eigenvalue weighted by molar-refractivity contribution is 5.79. The lowest BCUT2D eigenvalue weighted by Gasteiger charge is -2.39. The summed E-state index contributed by atoms with van der Waals surface area (Å²) in [4.78, 5) is 19.9. The number of piperidine rings is 3. The van der Waals surface area contributed by atoms with Crippen molar-refractivity contribution in [3.8, 4) is 0 Å². The summed E-state index contributed by atoms with van der Waals surface area (Å²) < 4.78 is 5.96. The highest BCUT2D eigenvalue weighted by Crippen LogP contribution is 2.25. The van der Waals surface area contributed by atoms with E-state index in [1.807, 2.05) is 0 Å². The molecule has 150 valence electrons. The van der Waals surface area contributed by atoms with Crippen molar-refractivity contribution in [2.24, 2.45) is 11.8 Å². The molecule has 0 bridgehead atoms. The number of nitrogens with zero attached hydrogens (tertiary/aromatic N) is 3. The second-order valence-electron chi connectivity index (χ2n) is 9.03. The smallest absolute Gasteiger partial charge is 0.225 e. The van der Waals surface area contributed by atoms with Crippen molar-refractivity contribution in [2.75, 3.05) is 52.9 Å². The molecule has 0 spiro atoms. The summed E-state index contributed by atoms with van der Waals surface area (Å²) in [5.74, 6) is 1.48. The van der Waals surface area contributed by atoms with Crippen LogP contribution in [0.25, 0.3) is 0 Å². The van der Waals surface area contributed by atoms with E-state index in [0.717, 1.165) is 44.9 Å². The fourth-order valence-corrected chi connectivity index (χ4v) is 4.83. The fraction of sp³-hybridized carbons (Fsp3) is 0.952. The number of carbonyl (C=O) groups is 1. The predicted octanol–water partition coefficient (Wildman–Crippen LogP) is 2.46. The number of amides is 1. The number of likely N-dealkylation sites (tertiary alicyclic amines) is 3. The van der Waals surface area contributed by atoms with Gasteiger partial charge in [0.25, 0.3) is 0 Å². The van der Waals surface area contributed by atoms with E-state index in [1.165, 1.54) is 45.3 Å². The van der Waals surface area contributed by atoms with Crippen LogP contribution in [-0.4, -0.2) is 85.7 Å². The van der Waals surface area contributed by atoms with Gasteiger partial charge in [-0.2, -0.15) is 0 Å². The topological polar surface area (TPSA) is 36.0 Å². The Morgan fingerprint density at radius 3 is 2.12 bits per heavy atom. The van der Waals surface area contributed by atoms with Gasteiger partial charge in [-0.05, 0) is 78.4 Å². The summed E-state index contributed by atoms with van der Waals surface area (Å²) in [6, 6.07) is 0. The molecule has 0 atom stereocenters. The van der Waals surface area contributed by atoms with Crippen LogP contribution in [-0.2, 0) is 9.53 Å². The Morgan fingerprint density at radius 2 is 1.54 bits per heavy atom. The maximum Gasteiger partial charge on any atom is 0.225 e. The van der Waals surface area contributed by atoms with Crippen molar-refractivity contribution in [1.82, 2.24) is 14.7 Å². The summed E-state index contributed by atoms with van der Waals surface area (Å²) >= 11 is 0. The summed E-state index contributed by atoms with van der Waals surface area (Å²) in [6.07, 6.45) is 7.60. The van der Waals surface area contributed by atoms with Crippen molar-refractivity contribution in [2.45, 2.75) is 64.6 Å². The molecule has 3 rings (SSSR count). The molecule has 0 aliphatic carbocycles. The molecule has 0 saturated carbocycles. The van der Waals surface area contributed by atoms with E-state index in [0.29, 0.717) is 18.1 Å². The maximum absolute atomic E-state index is 12.8. The number of carbonyl (C=O) groups excluding carboxylic acids is 1. The molecule has 0 aromatic carbocycles. The summed E-state index contributed by atoms with van der Waals surface area (Å²) in [5.41, 5.74) is 0. The minimum Gasteiger partial charge on any atom is -0.375 e. The zero-order valence-corrected chi connectivity index (χ0v) is 17.2. The van der Waals surface area contributed by atoms with E-state index in [9.17, 15) is 4.79 Å².